The summed E-state index contributed by atoms with van der Waals surface area (Å²) in [6.45, 7) is 0. The number of hydrogen-bond acceptors (Lipinski definition) is 5. The molecule has 4 N–H and O–H groups in total. The van der Waals surface area contributed by atoms with Crippen molar-refractivity contribution < 1.29 is 17.9 Å². The van der Waals surface area contributed by atoms with E-state index in [0.717, 1.165) is 0 Å². The maximum Gasteiger partial charge on any atom is 0.243 e. The normalized spacial score (nSPS) is 11.1. The molecule has 0 saturated heterocycles. The van der Waals surface area contributed by atoms with Gasteiger partial charge in [0.15, 0.2) is 4.90 Å². The highest BCUT2D eigenvalue weighted by Crippen LogP contribution is 2.35. The van der Waals surface area contributed by atoms with E-state index in [-0.39, 0.29) is 22.1 Å². The highest BCUT2D eigenvalue weighted by Gasteiger charge is 2.21. The van der Waals surface area contributed by atoms with Crippen LogP contribution in [-0.4, -0.2) is 22.6 Å². The minimum Gasteiger partial charge on any atom is -0.495 e. The fraction of sp³-hybridized carbons (Fsp3) is 0.250. The highest BCUT2D eigenvalue weighted by molar-refractivity contribution is 7.89. The smallest absolute Gasteiger partial charge is 0.243 e. The Kier molecular flexibility index (Phi) is 3.06. The predicted octanol–water partition coefficient (Wildman–Crippen LogP) is -0.0666. The van der Waals surface area contributed by atoms with Crippen molar-refractivity contribution in [3.05, 3.63) is 12.1 Å². The molecule has 0 spiro atoms. The molecule has 1 aromatic rings. The van der Waals surface area contributed by atoms with Crippen LogP contribution in [0.1, 0.15) is 0 Å². The third-order valence-corrected chi connectivity index (χ3v) is 2.83. The molecule has 0 aliphatic heterocycles. The van der Waals surface area contributed by atoms with Gasteiger partial charge in [0, 0.05) is 0 Å². The van der Waals surface area contributed by atoms with Crippen LogP contribution in [0.4, 0.5) is 5.69 Å². The van der Waals surface area contributed by atoms with Crippen LogP contribution in [-0.2, 0) is 10.0 Å². The second kappa shape index (κ2) is 3.95. The number of anilines is 1. The molecule has 6 nitrogen and oxygen atoms in total. The van der Waals surface area contributed by atoms with Gasteiger partial charge in [-0.25, -0.2) is 13.6 Å². The Labute approximate surface area is 87.8 Å². The molecule has 0 aliphatic rings. The molecule has 0 heterocycles. The molecule has 0 unspecified atom stereocenters. The van der Waals surface area contributed by atoms with Gasteiger partial charge in [0.05, 0.1) is 19.9 Å². The fourth-order valence-electron chi connectivity index (χ4n) is 1.19. The Morgan fingerprint density at radius 2 is 1.60 bits per heavy atom. The summed E-state index contributed by atoms with van der Waals surface area (Å²) < 4.78 is 32.3. The number of primary sulfonamides is 1. The van der Waals surface area contributed by atoms with Crippen molar-refractivity contribution >= 4 is 15.7 Å². The second-order valence-corrected chi connectivity index (χ2v) is 4.26. The monoisotopic (exact) mass is 232 g/mol. The molecule has 84 valence electrons. The number of nitrogens with two attached hydrogens (primary N) is 2. The van der Waals surface area contributed by atoms with E-state index in [1.165, 1.54) is 26.4 Å². The van der Waals surface area contributed by atoms with Crippen LogP contribution in [0.3, 0.4) is 0 Å². The quantitative estimate of drug-likeness (QED) is 0.710. The lowest BCUT2D eigenvalue weighted by molar-refractivity contribution is 0.394. The Morgan fingerprint density at radius 3 is 2.00 bits per heavy atom. The van der Waals surface area contributed by atoms with E-state index in [1.807, 2.05) is 0 Å². The zero-order valence-corrected chi connectivity index (χ0v) is 9.17. The molecule has 15 heavy (non-hydrogen) atoms. The first-order chi connectivity index (χ1) is 6.91. The lowest BCUT2D eigenvalue weighted by Gasteiger charge is -2.12. The summed E-state index contributed by atoms with van der Waals surface area (Å²) in [6, 6.07) is 2.93. The van der Waals surface area contributed by atoms with Gasteiger partial charge in [-0.3, -0.25) is 0 Å². The molecule has 0 radical (unpaired) electrons. The van der Waals surface area contributed by atoms with Crippen molar-refractivity contribution in [3.63, 3.8) is 0 Å². The lowest BCUT2D eigenvalue weighted by Crippen LogP contribution is -2.16. The Bertz CT molecular complexity index is 470. The predicted molar refractivity (Wildman–Crippen MR) is 55.3 cm³/mol. The summed E-state index contributed by atoms with van der Waals surface area (Å²) >= 11 is 0. The number of benzene rings is 1. The van der Waals surface area contributed by atoms with Gasteiger partial charge in [-0.1, -0.05) is 0 Å². The molecule has 0 bridgehead atoms. The van der Waals surface area contributed by atoms with Crippen molar-refractivity contribution in [3.8, 4) is 11.5 Å². The summed E-state index contributed by atoms with van der Waals surface area (Å²) in [6.07, 6.45) is 0. The average molecular weight is 232 g/mol. The van der Waals surface area contributed by atoms with E-state index < -0.39 is 10.0 Å². The van der Waals surface area contributed by atoms with Gasteiger partial charge in [-0.2, -0.15) is 0 Å². The number of methoxy groups -OCH3 is 2. The van der Waals surface area contributed by atoms with Crippen LogP contribution >= 0.6 is 0 Å². The minimum absolute atomic E-state index is 0.0562. The lowest BCUT2D eigenvalue weighted by atomic mass is 10.3. The van der Waals surface area contributed by atoms with Crippen LogP contribution in [0.25, 0.3) is 0 Å². The van der Waals surface area contributed by atoms with Crippen LogP contribution in [0, 0.1) is 0 Å². The number of rotatable bonds is 3. The van der Waals surface area contributed by atoms with Gasteiger partial charge < -0.3 is 15.2 Å². The van der Waals surface area contributed by atoms with Crippen LogP contribution in [0.15, 0.2) is 17.0 Å². The van der Waals surface area contributed by atoms with E-state index in [1.54, 1.807) is 0 Å². The molecule has 0 amide bonds. The van der Waals surface area contributed by atoms with Crippen LogP contribution in [0.5, 0.6) is 11.5 Å². The van der Waals surface area contributed by atoms with E-state index in [9.17, 15) is 8.42 Å². The van der Waals surface area contributed by atoms with E-state index in [4.69, 9.17) is 20.3 Å². The standard InChI is InChI=1S/C8H12N2O4S/c1-13-5-3-4-6(14-2)8(7(5)9)15(10,11)12/h3-4H,9H2,1-2H3,(H2,10,11,12). The second-order valence-electron chi connectivity index (χ2n) is 2.76. The molecule has 0 aromatic heterocycles. The van der Waals surface area contributed by atoms with Crippen LogP contribution in [0.2, 0.25) is 0 Å². The van der Waals surface area contributed by atoms with Gasteiger partial charge in [0.2, 0.25) is 10.0 Å². The van der Waals surface area contributed by atoms with Gasteiger partial charge in [-0.05, 0) is 12.1 Å². The molecule has 1 rings (SSSR count). The van der Waals surface area contributed by atoms with Crippen LogP contribution < -0.4 is 20.3 Å². The summed E-state index contributed by atoms with van der Waals surface area (Å²) in [4.78, 5) is -0.260. The van der Waals surface area contributed by atoms with E-state index >= 15 is 0 Å². The van der Waals surface area contributed by atoms with Crippen molar-refractivity contribution in [2.24, 2.45) is 5.14 Å². The molecular weight excluding hydrogens is 220 g/mol. The van der Waals surface area contributed by atoms with Gasteiger partial charge in [-0.15, -0.1) is 0 Å². The number of ether oxygens (including phenoxy) is 2. The number of sulfonamides is 1. The highest BCUT2D eigenvalue weighted by atomic mass is 32.2. The Morgan fingerprint density at radius 1 is 1.13 bits per heavy atom. The summed E-state index contributed by atoms with van der Waals surface area (Å²) in [5, 5.41) is 5.01. The third-order valence-electron chi connectivity index (χ3n) is 1.84. The Hall–Kier alpha value is -1.47. The maximum absolute atomic E-state index is 11.3. The first-order valence-electron chi connectivity index (χ1n) is 3.95. The fourth-order valence-corrected chi connectivity index (χ4v) is 2.03. The number of nitrogen functional groups attached to an aromatic ring is 1. The molecule has 0 saturated carbocycles. The maximum atomic E-state index is 11.3. The van der Waals surface area contributed by atoms with Crippen molar-refractivity contribution in [2.75, 3.05) is 20.0 Å². The number of hydrogen-bond donors (Lipinski definition) is 2. The van der Waals surface area contributed by atoms with Crippen molar-refractivity contribution in [1.29, 1.82) is 0 Å². The van der Waals surface area contributed by atoms with E-state index in [2.05, 4.69) is 0 Å². The molecule has 1 aromatic carbocycles. The summed E-state index contributed by atoms with van der Waals surface area (Å²) in [5.74, 6) is 0.329. The Balaban J connectivity index is 3.58. The van der Waals surface area contributed by atoms with E-state index in [0.29, 0.717) is 0 Å². The first-order valence-corrected chi connectivity index (χ1v) is 5.49. The molecule has 0 aliphatic carbocycles. The molecule has 0 fully saturated rings. The largest absolute Gasteiger partial charge is 0.495 e. The minimum atomic E-state index is -3.94. The zero-order chi connectivity index (χ0) is 11.6. The summed E-state index contributed by atoms with van der Waals surface area (Å²) in [5.41, 5.74) is 5.54. The van der Waals surface area contributed by atoms with Gasteiger partial charge in [0.25, 0.3) is 0 Å². The summed E-state index contributed by atoms with van der Waals surface area (Å²) in [7, 11) is -1.23. The zero-order valence-electron chi connectivity index (χ0n) is 8.35. The van der Waals surface area contributed by atoms with Crippen molar-refractivity contribution in [2.45, 2.75) is 4.90 Å². The molecular formula is C8H12N2O4S. The van der Waals surface area contributed by atoms with Gasteiger partial charge in [0.1, 0.15) is 11.5 Å². The molecule has 7 heteroatoms. The van der Waals surface area contributed by atoms with Crippen molar-refractivity contribution in [1.82, 2.24) is 0 Å². The molecule has 0 atom stereocenters. The SMILES string of the molecule is COc1ccc(OC)c(S(N)(=O)=O)c1N. The first kappa shape index (κ1) is 11.6. The third kappa shape index (κ3) is 2.13. The average Bonchev–Trinajstić information content (AvgIpc) is 2.15. The topological polar surface area (TPSA) is 105 Å². The van der Waals surface area contributed by atoms with Gasteiger partial charge >= 0.3 is 0 Å².